The number of hydrogen-bond acceptors (Lipinski definition) is 4. The van der Waals surface area contributed by atoms with Gasteiger partial charge in [0.15, 0.2) is 5.11 Å². The Morgan fingerprint density at radius 2 is 1.41 bits per heavy atom. The first-order chi connectivity index (χ1) is 15.5. The van der Waals surface area contributed by atoms with E-state index in [0.29, 0.717) is 27.6 Å². The Kier molecular flexibility index (Phi) is 6.25. The van der Waals surface area contributed by atoms with Crippen molar-refractivity contribution >= 4 is 55.2 Å². The van der Waals surface area contributed by atoms with Gasteiger partial charge in [0, 0.05) is 27.8 Å². The van der Waals surface area contributed by atoms with Gasteiger partial charge in [-0.2, -0.15) is 0 Å². The van der Waals surface area contributed by atoms with Gasteiger partial charge in [-0.25, -0.2) is 8.42 Å². The number of nitrogens with one attached hydrogen (secondary N) is 3. The Labute approximate surface area is 192 Å². The average Bonchev–Trinajstić information content (AvgIpc) is 2.80. The Morgan fingerprint density at radius 3 is 2.09 bits per heavy atom. The van der Waals surface area contributed by atoms with Gasteiger partial charge >= 0.3 is 0 Å². The number of hydrogen-bond donors (Lipinski definition) is 3. The normalized spacial score (nSPS) is 11.0. The van der Waals surface area contributed by atoms with Crippen molar-refractivity contribution in [2.24, 2.45) is 0 Å². The molecule has 0 bridgehead atoms. The van der Waals surface area contributed by atoms with E-state index in [2.05, 4.69) is 15.4 Å². The van der Waals surface area contributed by atoms with Gasteiger partial charge in [-0.3, -0.25) is 4.72 Å². The zero-order valence-electron chi connectivity index (χ0n) is 17.2. The predicted octanol–water partition coefficient (Wildman–Crippen LogP) is 5.46. The van der Waals surface area contributed by atoms with Gasteiger partial charge in [-0.15, -0.1) is 0 Å². The topological polar surface area (TPSA) is 79.5 Å². The molecule has 0 saturated carbocycles. The molecular weight excluding hydrogens is 442 g/mol. The van der Waals surface area contributed by atoms with Crippen LogP contribution in [0.25, 0.3) is 10.8 Å². The zero-order valence-corrected chi connectivity index (χ0v) is 18.8. The first kappa shape index (κ1) is 21.6. The molecule has 0 fully saturated rings. The fourth-order valence-electron chi connectivity index (χ4n) is 3.29. The van der Waals surface area contributed by atoms with Crippen molar-refractivity contribution in [3.63, 3.8) is 0 Å². The van der Waals surface area contributed by atoms with E-state index in [1.54, 1.807) is 55.6 Å². The molecule has 3 N–H and O–H groups in total. The maximum absolute atomic E-state index is 13.1. The fourth-order valence-corrected chi connectivity index (χ4v) is 4.79. The lowest BCUT2D eigenvalue weighted by Crippen LogP contribution is -2.19. The number of rotatable bonds is 6. The van der Waals surface area contributed by atoms with Gasteiger partial charge in [0.2, 0.25) is 0 Å². The number of anilines is 3. The number of fused-ring (bicyclic) bond motifs is 1. The third-order valence-corrected chi connectivity index (χ3v) is 6.44. The molecule has 0 unspecified atom stereocenters. The van der Waals surface area contributed by atoms with E-state index in [1.807, 2.05) is 42.5 Å². The molecule has 32 heavy (non-hydrogen) atoms. The Balaban J connectivity index is 1.63. The highest BCUT2D eigenvalue weighted by Gasteiger charge is 2.19. The quantitative estimate of drug-likeness (QED) is 0.330. The maximum atomic E-state index is 13.1. The van der Waals surface area contributed by atoms with Crippen LogP contribution >= 0.6 is 12.2 Å². The lowest BCUT2D eigenvalue weighted by molar-refractivity contribution is 0.415. The van der Waals surface area contributed by atoms with Gasteiger partial charge in [0.05, 0.1) is 12.0 Å². The molecule has 162 valence electrons. The van der Waals surface area contributed by atoms with E-state index in [9.17, 15) is 8.42 Å². The summed E-state index contributed by atoms with van der Waals surface area (Å²) in [6.07, 6.45) is 0. The number of para-hydroxylation sites is 1. The van der Waals surface area contributed by atoms with Crippen molar-refractivity contribution in [1.29, 1.82) is 0 Å². The second-order valence-electron chi connectivity index (χ2n) is 6.94. The average molecular weight is 464 g/mol. The summed E-state index contributed by atoms with van der Waals surface area (Å²) in [5, 5.41) is 8.02. The van der Waals surface area contributed by atoms with Crippen molar-refractivity contribution in [3.8, 4) is 5.75 Å². The van der Waals surface area contributed by atoms with Crippen molar-refractivity contribution in [2.45, 2.75) is 4.90 Å². The molecule has 0 radical (unpaired) electrons. The van der Waals surface area contributed by atoms with E-state index in [1.165, 1.54) is 0 Å². The van der Waals surface area contributed by atoms with Crippen LogP contribution in [0.15, 0.2) is 95.9 Å². The Morgan fingerprint density at radius 1 is 0.750 bits per heavy atom. The van der Waals surface area contributed by atoms with Gasteiger partial charge < -0.3 is 15.4 Å². The zero-order chi connectivity index (χ0) is 22.6. The minimum Gasteiger partial charge on any atom is -0.497 e. The number of methoxy groups -OCH3 is 1. The molecule has 0 heterocycles. The molecular formula is C24H21N3O3S2. The second-order valence-corrected chi connectivity index (χ2v) is 9.00. The van der Waals surface area contributed by atoms with Crippen molar-refractivity contribution in [1.82, 2.24) is 0 Å². The second kappa shape index (κ2) is 9.25. The first-order valence-corrected chi connectivity index (χ1v) is 11.7. The molecule has 0 atom stereocenters. The predicted molar refractivity (Wildman–Crippen MR) is 134 cm³/mol. The molecule has 0 aliphatic carbocycles. The number of benzene rings is 4. The van der Waals surface area contributed by atoms with E-state index in [-0.39, 0.29) is 4.90 Å². The highest BCUT2D eigenvalue weighted by atomic mass is 32.2. The molecule has 0 spiro atoms. The highest BCUT2D eigenvalue weighted by molar-refractivity contribution is 7.93. The molecule has 0 aliphatic rings. The SMILES string of the molecule is COc1ccc(NS(=O)(=O)c2ccc(NC(=S)Nc3ccccc3)c3ccccc23)cc1. The summed E-state index contributed by atoms with van der Waals surface area (Å²) in [7, 11) is -2.26. The summed E-state index contributed by atoms with van der Waals surface area (Å²) in [4.78, 5) is 0.177. The lowest BCUT2D eigenvalue weighted by Gasteiger charge is -2.16. The third kappa shape index (κ3) is 4.82. The largest absolute Gasteiger partial charge is 0.497 e. The summed E-state index contributed by atoms with van der Waals surface area (Å²) in [5.74, 6) is 0.647. The van der Waals surface area contributed by atoms with E-state index >= 15 is 0 Å². The van der Waals surface area contributed by atoms with Crippen LogP contribution < -0.4 is 20.1 Å². The number of sulfonamides is 1. The Bertz CT molecular complexity index is 1360. The van der Waals surface area contributed by atoms with E-state index < -0.39 is 10.0 Å². The van der Waals surface area contributed by atoms with Crippen LogP contribution in [0.3, 0.4) is 0 Å². The lowest BCUT2D eigenvalue weighted by atomic mass is 10.1. The molecule has 6 nitrogen and oxygen atoms in total. The fraction of sp³-hybridized carbons (Fsp3) is 0.0417. The van der Waals surface area contributed by atoms with Crippen LogP contribution in [0.2, 0.25) is 0 Å². The maximum Gasteiger partial charge on any atom is 0.262 e. The standard InChI is InChI=1S/C24H21N3O3S2/c1-30-19-13-11-18(12-14-19)27-32(28,29)23-16-15-22(20-9-5-6-10-21(20)23)26-24(31)25-17-7-3-2-4-8-17/h2-16,27H,1H3,(H2,25,26,31). The number of ether oxygens (including phenoxy) is 1. The monoisotopic (exact) mass is 463 g/mol. The van der Waals surface area contributed by atoms with Crippen LogP contribution in [0.4, 0.5) is 17.1 Å². The van der Waals surface area contributed by atoms with Crippen LogP contribution in [-0.4, -0.2) is 20.6 Å². The molecule has 0 aliphatic heterocycles. The molecule has 8 heteroatoms. The van der Waals surface area contributed by atoms with Gasteiger partial charge in [-0.05, 0) is 60.7 Å². The van der Waals surface area contributed by atoms with Gasteiger partial charge in [0.1, 0.15) is 5.75 Å². The molecule has 0 amide bonds. The Hall–Kier alpha value is -3.62. The molecule has 0 saturated heterocycles. The molecule has 4 aromatic rings. The van der Waals surface area contributed by atoms with E-state index in [4.69, 9.17) is 17.0 Å². The van der Waals surface area contributed by atoms with Crippen LogP contribution in [0.1, 0.15) is 0 Å². The van der Waals surface area contributed by atoms with E-state index in [0.717, 1.165) is 11.1 Å². The minimum atomic E-state index is -3.82. The summed E-state index contributed by atoms with van der Waals surface area (Å²) in [5.41, 5.74) is 2.01. The van der Waals surface area contributed by atoms with Crippen molar-refractivity contribution in [2.75, 3.05) is 22.5 Å². The summed E-state index contributed by atoms with van der Waals surface area (Å²) in [6, 6.07) is 26.8. The molecule has 0 aromatic heterocycles. The third-order valence-electron chi connectivity index (χ3n) is 4.80. The number of thiocarbonyl (C=S) groups is 1. The summed E-state index contributed by atoms with van der Waals surface area (Å²) < 4.78 is 34.0. The highest BCUT2D eigenvalue weighted by Crippen LogP contribution is 2.31. The smallest absolute Gasteiger partial charge is 0.262 e. The van der Waals surface area contributed by atoms with Crippen molar-refractivity contribution in [3.05, 3.63) is 91.0 Å². The summed E-state index contributed by atoms with van der Waals surface area (Å²) >= 11 is 5.43. The van der Waals surface area contributed by atoms with Gasteiger partial charge in [0.25, 0.3) is 10.0 Å². The summed E-state index contributed by atoms with van der Waals surface area (Å²) in [6.45, 7) is 0. The van der Waals surface area contributed by atoms with Gasteiger partial charge in [-0.1, -0.05) is 42.5 Å². The first-order valence-electron chi connectivity index (χ1n) is 9.78. The van der Waals surface area contributed by atoms with Crippen LogP contribution in [0.5, 0.6) is 5.75 Å². The van der Waals surface area contributed by atoms with Crippen LogP contribution in [0, 0.1) is 0 Å². The molecule has 4 rings (SSSR count). The molecule has 4 aromatic carbocycles. The van der Waals surface area contributed by atoms with Crippen molar-refractivity contribution < 1.29 is 13.2 Å². The van der Waals surface area contributed by atoms with Crippen LogP contribution in [-0.2, 0) is 10.0 Å². The minimum absolute atomic E-state index is 0.177.